The largest absolute Gasteiger partial charge is 0.480 e. The van der Waals surface area contributed by atoms with E-state index in [1.54, 1.807) is 4.90 Å². The lowest BCUT2D eigenvalue weighted by atomic mass is 10.0. The van der Waals surface area contributed by atoms with Crippen LogP contribution in [-0.2, 0) is 4.79 Å². The Morgan fingerprint density at radius 1 is 1.37 bits per heavy atom. The van der Waals surface area contributed by atoms with Crippen LogP contribution in [0.25, 0.3) is 0 Å². The zero-order valence-electron chi connectivity index (χ0n) is 11.6. The summed E-state index contributed by atoms with van der Waals surface area (Å²) in [5.41, 5.74) is 0. The van der Waals surface area contributed by atoms with Crippen LogP contribution < -0.4 is 5.32 Å². The third-order valence-corrected chi connectivity index (χ3v) is 3.40. The van der Waals surface area contributed by atoms with Gasteiger partial charge in [-0.25, -0.2) is 9.59 Å². The number of piperidine rings is 1. The Morgan fingerprint density at radius 2 is 2.05 bits per heavy atom. The quantitative estimate of drug-likeness (QED) is 0.697. The maximum Gasteiger partial charge on any atom is 0.326 e. The van der Waals surface area contributed by atoms with Crippen molar-refractivity contribution in [2.45, 2.75) is 51.6 Å². The molecule has 2 amide bonds. The maximum absolute atomic E-state index is 12.1. The van der Waals surface area contributed by atoms with E-state index in [4.69, 9.17) is 5.11 Å². The highest BCUT2D eigenvalue weighted by Gasteiger charge is 2.29. The van der Waals surface area contributed by atoms with Crippen molar-refractivity contribution in [3.05, 3.63) is 0 Å². The first-order valence-corrected chi connectivity index (χ1v) is 6.86. The molecule has 1 aliphatic heterocycles. The second-order valence-electron chi connectivity index (χ2n) is 5.50. The fourth-order valence-electron chi connectivity index (χ4n) is 2.38. The first-order valence-electron chi connectivity index (χ1n) is 6.86. The van der Waals surface area contributed by atoms with Crippen LogP contribution in [0.2, 0.25) is 0 Å². The van der Waals surface area contributed by atoms with Crippen LogP contribution in [0.15, 0.2) is 0 Å². The van der Waals surface area contributed by atoms with Gasteiger partial charge >= 0.3 is 12.0 Å². The summed E-state index contributed by atoms with van der Waals surface area (Å²) in [7, 11) is 0. The Balaban J connectivity index is 2.62. The number of aliphatic hydroxyl groups excluding tert-OH is 1. The van der Waals surface area contributed by atoms with Gasteiger partial charge in [0.25, 0.3) is 0 Å². The topological polar surface area (TPSA) is 89.9 Å². The number of aliphatic hydroxyl groups is 1. The van der Waals surface area contributed by atoms with E-state index in [-0.39, 0.29) is 24.6 Å². The fourth-order valence-corrected chi connectivity index (χ4v) is 2.38. The van der Waals surface area contributed by atoms with Gasteiger partial charge in [0.1, 0.15) is 6.04 Å². The summed E-state index contributed by atoms with van der Waals surface area (Å²) in [5.74, 6) is -0.823. The van der Waals surface area contributed by atoms with Gasteiger partial charge in [0.05, 0.1) is 12.6 Å². The van der Waals surface area contributed by atoms with E-state index in [9.17, 15) is 14.7 Å². The van der Waals surface area contributed by atoms with E-state index in [0.717, 1.165) is 19.3 Å². The standard InChI is InChI=1S/C13H24N2O4/c1-9(2)7-11(12(17)18)14-13(19)15-6-4-3-5-10(15)8-16/h9-11,16H,3-8H2,1-2H3,(H,14,19)(H,17,18)/t10?,11-/m1/s1. The summed E-state index contributed by atoms with van der Waals surface area (Å²) in [4.78, 5) is 24.8. The second-order valence-corrected chi connectivity index (χ2v) is 5.50. The Kier molecular flexibility index (Phi) is 6.08. The van der Waals surface area contributed by atoms with Crippen LogP contribution in [-0.4, -0.2) is 52.3 Å². The molecule has 1 unspecified atom stereocenters. The molecule has 3 N–H and O–H groups in total. The lowest BCUT2D eigenvalue weighted by Gasteiger charge is -2.35. The predicted octanol–water partition coefficient (Wildman–Crippen LogP) is 1.04. The average molecular weight is 272 g/mol. The van der Waals surface area contributed by atoms with Crippen molar-refractivity contribution in [1.82, 2.24) is 10.2 Å². The van der Waals surface area contributed by atoms with Crippen LogP contribution in [0.5, 0.6) is 0 Å². The third kappa shape index (κ3) is 4.70. The minimum absolute atomic E-state index is 0.0741. The third-order valence-electron chi connectivity index (χ3n) is 3.40. The molecule has 0 aromatic rings. The summed E-state index contributed by atoms with van der Waals surface area (Å²) in [6.45, 7) is 4.33. The van der Waals surface area contributed by atoms with Gasteiger partial charge in [0.15, 0.2) is 0 Å². The lowest BCUT2D eigenvalue weighted by molar-refractivity contribution is -0.139. The van der Waals surface area contributed by atoms with Crippen molar-refractivity contribution in [2.75, 3.05) is 13.2 Å². The molecule has 110 valence electrons. The van der Waals surface area contributed by atoms with Gasteiger partial charge in [-0.05, 0) is 31.6 Å². The normalized spacial score (nSPS) is 21.3. The molecular formula is C13H24N2O4. The smallest absolute Gasteiger partial charge is 0.326 e. The number of carboxylic acids is 1. The van der Waals surface area contributed by atoms with Crippen LogP contribution in [0.3, 0.4) is 0 Å². The van der Waals surface area contributed by atoms with Crippen LogP contribution >= 0.6 is 0 Å². The SMILES string of the molecule is CC(C)C[C@@H](NC(=O)N1CCCCC1CO)C(=O)O. The van der Waals surface area contributed by atoms with E-state index >= 15 is 0 Å². The van der Waals surface area contributed by atoms with Crippen molar-refractivity contribution in [3.8, 4) is 0 Å². The molecule has 0 radical (unpaired) electrons. The number of likely N-dealkylation sites (tertiary alicyclic amines) is 1. The Labute approximate surface area is 113 Å². The van der Waals surface area contributed by atoms with Gasteiger partial charge < -0.3 is 20.4 Å². The molecule has 0 aromatic carbocycles. The predicted molar refractivity (Wildman–Crippen MR) is 70.8 cm³/mol. The van der Waals surface area contributed by atoms with Crippen molar-refractivity contribution in [1.29, 1.82) is 0 Å². The van der Waals surface area contributed by atoms with Gasteiger partial charge in [0, 0.05) is 6.54 Å². The van der Waals surface area contributed by atoms with Crippen molar-refractivity contribution in [2.24, 2.45) is 5.92 Å². The summed E-state index contributed by atoms with van der Waals surface area (Å²) in [6.07, 6.45) is 3.06. The number of carbonyl (C=O) groups is 2. The molecule has 0 aliphatic carbocycles. The number of hydrogen-bond donors (Lipinski definition) is 3. The number of nitrogens with zero attached hydrogens (tertiary/aromatic N) is 1. The number of hydrogen-bond acceptors (Lipinski definition) is 3. The molecule has 2 atom stereocenters. The number of carbonyl (C=O) groups excluding carboxylic acids is 1. The monoisotopic (exact) mass is 272 g/mol. The molecule has 1 rings (SSSR count). The second kappa shape index (κ2) is 7.33. The zero-order valence-corrected chi connectivity index (χ0v) is 11.6. The van der Waals surface area contributed by atoms with Crippen molar-refractivity contribution < 1.29 is 19.8 Å². The van der Waals surface area contributed by atoms with Crippen LogP contribution in [0.4, 0.5) is 4.79 Å². The number of aliphatic carboxylic acids is 1. The van der Waals surface area contributed by atoms with E-state index in [2.05, 4.69) is 5.32 Å². The van der Waals surface area contributed by atoms with Gasteiger partial charge in [-0.2, -0.15) is 0 Å². The molecule has 6 heteroatoms. The number of rotatable bonds is 5. The average Bonchev–Trinajstić information content (AvgIpc) is 2.37. The molecule has 6 nitrogen and oxygen atoms in total. The highest BCUT2D eigenvalue weighted by molar-refractivity contribution is 5.82. The summed E-state index contributed by atoms with van der Waals surface area (Å²) in [6, 6.07) is -1.44. The molecule has 0 saturated carbocycles. The molecule has 0 aromatic heterocycles. The number of amides is 2. The number of nitrogens with one attached hydrogen (secondary N) is 1. The number of urea groups is 1. The zero-order chi connectivity index (χ0) is 14.4. The highest BCUT2D eigenvalue weighted by Crippen LogP contribution is 2.17. The molecule has 1 saturated heterocycles. The van der Waals surface area contributed by atoms with E-state index in [0.29, 0.717) is 13.0 Å². The van der Waals surface area contributed by atoms with Crippen molar-refractivity contribution in [3.63, 3.8) is 0 Å². The molecule has 1 fully saturated rings. The molecule has 1 aliphatic rings. The Bertz CT molecular complexity index is 320. The summed E-state index contributed by atoms with van der Waals surface area (Å²) >= 11 is 0. The highest BCUT2D eigenvalue weighted by atomic mass is 16.4. The maximum atomic E-state index is 12.1. The van der Waals surface area contributed by atoms with Gasteiger partial charge in [0.2, 0.25) is 0 Å². The molecule has 1 heterocycles. The van der Waals surface area contributed by atoms with Crippen LogP contribution in [0, 0.1) is 5.92 Å². The number of carboxylic acid groups (broad SMARTS) is 1. The Hall–Kier alpha value is -1.30. The van der Waals surface area contributed by atoms with Crippen LogP contribution in [0.1, 0.15) is 39.5 Å². The van der Waals surface area contributed by atoms with E-state index in [1.165, 1.54) is 0 Å². The molecule has 19 heavy (non-hydrogen) atoms. The summed E-state index contributed by atoms with van der Waals surface area (Å²) < 4.78 is 0. The lowest BCUT2D eigenvalue weighted by Crippen LogP contribution is -2.54. The first-order chi connectivity index (χ1) is 8.95. The first kappa shape index (κ1) is 15.8. The molecule has 0 spiro atoms. The van der Waals surface area contributed by atoms with Gasteiger partial charge in [-0.15, -0.1) is 0 Å². The fraction of sp³-hybridized carbons (Fsp3) is 0.846. The molecular weight excluding hydrogens is 248 g/mol. The van der Waals surface area contributed by atoms with E-state index < -0.39 is 12.0 Å². The summed E-state index contributed by atoms with van der Waals surface area (Å²) in [5, 5.41) is 20.9. The minimum atomic E-state index is -1.01. The van der Waals surface area contributed by atoms with Crippen molar-refractivity contribution >= 4 is 12.0 Å². The molecule has 0 bridgehead atoms. The van der Waals surface area contributed by atoms with Gasteiger partial charge in [-0.1, -0.05) is 13.8 Å². The Morgan fingerprint density at radius 3 is 2.58 bits per heavy atom. The minimum Gasteiger partial charge on any atom is -0.480 e. The van der Waals surface area contributed by atoms with Gasteiger partial charge in [-0.3, -0.25) is 0 Å². The van der Waals surface area contributed by atoms with E-state index in [1.807, 2.05) is 13.8 Å².